The van der Waals surface area contributed by atoms with Crippen LogP contribution in [0.25, 0.3) is 11.1 Å². The molecule has 0 saturated heterocycles. The van der Waals surface area contributed by atoms with Crippen LogP contribution in [-0.2, 0) is 0 Å². The third-order valence-corrected chi connectivity index (χ3v) is 2.83. The average molecular weight is 258 g/mol. The molecular weight excluding hydrogens is 248 g/mol. The first kappa shape index (κ1) is 12.4. The summed E-state index contributed by atoms with van der Waals surface area (Å²) in [5, 5.41) is 8.55. The molecule has 0 spiro atoms. The van der Waals surface area contributed by atoms with E-state index in [0.717, 1.165) is 11.1 Å². The van der Waals surface area contributed by atoms with Crippen molar-refractivity contribution in [1.82, 2.24) is 0 Å². The van der Waals surface area contributed by atoms with E-state index in [1.807, 2.05) is 30.3 Å². The molecule has 1 N–H and O–H groups in total. The maximum absolute atomic E-state index is 11.2. The van der Waals surface area contributed by atoms with Crippen LogP contribution in [0.1, 0.15) is 20.7 Å². The molecule has 0 bridgehead atoms. The zero-order valence-corrected chi connectivity index (χ0v) is 10.2. The number of carbonyl (C=O) groups is 2. The van der Waals surface area contributed by atoms with Crippen molar-refractivity contribution in [3.8, 4) is 11.1 Å². The quantitative estimate of drug-likeness (QED) is 0.832. The number of carbonyl (C=O) groups excluding carboxylic acids is 1. The highest BCUT2D eigenvalue weighted by atomic mass is 32.1. The SMILES string of the molecule is O=C(O)c1cc(-c2ccccc2)ccc1C(=O)S. The lowest BCUT2D eigenvalue weighted by atomic mass is 9.99. The minimum absolute atomic E-state index is 0.0312. The fraction of sp³-hybridized carbons (Fsp3) is 0. The number of aromatic carboxylic acids is 1. The fourth-order valence-electron chi connectivity index (χ4n) is 1.72. The van der Waals surface area contributed by atoms with Gasteiger partial charge in [0.1, 0.15) is 0 Å². The number of hydrogen-bond donors (Lipinski definition) is 2. The molecule has 0 unspecified atom stereocenters. The Hall–Kier alpha value is -2.07. The van der Waals surface area contributed by atoms with E-state index in [2.05, 4.69) is 12.6 Å². The zero-order chi connectivity index (χ0) is 13.1. The van der Waals surface area contributed by atoms with Crippen molar-refractivity contribution in [2.75, 3.05) is 0 Å². The van der Waals surface area contributed by atoms with Crippen LogP contribution < -0.4 is 0 Å². The van der Waals surface area contributed by atoms with Crippen LogP contribution in [0.3, 0.4) is 0 Å². The molecule has 0 amide bonds. The Morgan fingerprint density at radius 1 is 0.889 bits per heavy atom. The molecule has 2 rings (SSSR count). The highest BCUT2D eigenvalue weighted by Gasteiger charge is 2.15. The standard InChI is InChI=1S/C14H10O3S/c15-13(16)12-8-10(6-7-11(12)14(17)18)9-4-2-1-3-5-9/h1-8H,(H,15,16)(H,17,18). The van der Waals surface area contributed by atoms with Crippen LogP contribution in [0.2, 0.25) is 0 Å². The van der Waals surface area contributed by atoms with Gasteiger partial charge in [0.2, 0.25) is 5.12 Å². The van der Waals surface area contributed by atoms with E-state index in [4.69, 9.17) is 5.11 Å². The molecule has 0 radical (unpaired) electrons. The van der Waals surface area contributed by atoms with Gasteiger partial charge in [-0.15, -0.1) is 12.6 Å². The monoisotopic (exact) mass is 258 g/mol. The van der Waals surface area contributed by atoms with Gasteiger partial charge in [0.15, 0.2) is 0 Å². The molecule has 4 heteroatoms. The highest BCUT2D eigenvalue weighted by Crippen LogP contribution is 2.23. The van der Waals surface area contributed by atoms with Gasteiger partial charge < -0.3 is 5.11 Å². The van der Waals surface area contributed by atoms with E-state index < -0.39 is 11.1 Å². The van der Waals surface area contributed by atoms with Crippen LogP contribution in [0.4, 0.5) is 0 Å². The molecule has 2 aromatic rings. The van der Waals surface area contributed by atoms with Crippen LogP contribution in [0.15, 0.2) is 48.5 Å². The average Bonchev–Trinajstić information content (AvgIpc) is 2.39. The van der Waals surface area contributed by atoms with Crippen molar-refractivity contribution in [1.29, 1.82) is 0 Å². The van der Waals surface area contributed by atoms with E-state index in [1.165, 1.54) is 12.1 Å². The zero-order valence-electron chi connectivity index (χ0n) is 9.33. The van der Waals surface area contributed by atoms with Crippen molar-refractivity contribution >= 4 is 23.7 Å². The predicted octanol–water partition coefficient (Wildman–Crippen LogP) is 3.12. The van der Waals surface area contributed by atoms with Crippen molar-refractivity contribution in [2.45, 2.75) is 0 Å². The minimum Gasteiger partial charge on any atom is -0.478 e. The van der Waals surface area contributed by atoms with Crippen molar-refractivity contribution < 1.29 is 14.7 Å². The third kappa shape index (κ3) is 2.43. The summed E-state index contributed by atoms with van der Waals surface area (Å²) in [5.41, 5.74) is 1.73. The minimum atomic E-state index is -1.13. The molecule has 3 nitrogen and oxygen atoms in total. The van der Waals surface area contributed by atoms with Crippen LogP contribution in [0.5, 0.6) is 0 Å². The van der Waals surface area contributed by atoms with Gasteiger partial charge in [-0.3, -0.25) is 4.79 Å². The molecule has 90 valence electrons. The molecule has 0 fully saturated rings. The number of hydrogen-bond acceptors (Lipinski definition) is 2. The van der Waals surface area contributed by atoms with Gasteiger partial charge in [-0.25, -0.2) is 4.79 Å². The van der Waals surface area contributed by atoms with Gasteiger partial charge in [0, 0.05) is 5.56 Å². The lowest BCUT2D eigenvalue weighted by Crippen LogP contribution is -2.05. The molecule has 2 aromatic carbocycles. The Kier molecular flexibility index (Phi) is 3.48. The van der Waals surface area contributed by atoms with Crippen molar-refractivity contribution in [3.05, 3.63) is 59.7 Å². The van der Waals surface area contributed by atoms with Crippen molar-refractivity contribution in [2.24, 2.45) is 0 Å². The van der Waals surface area contributed by atoms with E-state index in [0.29, 0.717) is 0 Å². The first-order chi connectivity index (χ1) is 8.59. The Morgan fingerprint density at radius 3 is 2.11 bits per heavy atom. The van der Waals surface area contributed by atoms with Gasteiger partial charge in [-0.1, -0.05) is 36.4 Å². The Bertz CT molecular complexity index is 606. The molecule has 0 atom stereocenters. The first-order valence-corrected chi connectivity index (χ1v) is 5.70. The molecule has 18 heavy (non-hydrogen) atoms. The Balaban J connectivity index is 2.57. The van der Waals surface area contributed by atoms with Crippen molar-refractivity contribution in [3.63, 3.8) is 0 Å². The lowest BCUT2D eigenvalue weighted by Gasteiger charge is -2.06. The summed E-state index contributed by atoms with van der Waals surface area (Å²) in [7, 11) is 0. The summed E-state index contributed by atoms with van der Waals surface area (Å²) in [6.07, 6.45) is 0. The Labute approximate surface area is 109 Å². The van der Waals surface area contributed by atoms with Gasteiger partial charge in [-0.2, -0.15) is 0 Å². The second kappa shape index (κ2) is 5.06. The van der Waals surface area contributed by atoms with E-state index >= 15 is 0 Å². The maximum atomic E-state index is 11.2. The summed E-state index contributed by atoms with van der Waals surface area (Å²) in [5.74, 6) is -1.13. The molecule has 0 aliphatic rings. The molecule has 0 aliphatic heterocycles. The largest absolute Gasteiger partial charge is 0.478 e. The molecule has 0 saturated carbocycles. The van der Waals surface area contributed by atoms with Gasteiger partial charge in [-0.05, 0) is 23.3 Å². The molecule has 0 heterocycles. The number of carboxylic acids is 1. The number of thiol groups is 1. The number of rotatable bonds is 3. The summed E-state index contributed by atoms with van der Waals surface area (Å²) in [4.78, 5) is 22.3. The third-order valence-electron chi connectivity index (χ3n) is 2.59. The van der Waals surface area contributed by atoms with Gasteiger partial charge in [0.05, 0.1) is 5.56 Å². The lowest BCUT2D eigenvalue weighted by molar-refractivity contribution is 0.0693. The van der Waals surface area contributed by atoms with E-state index in [9.17, 15) is 9.59 Å². The van der Waals surface area contributed by atoms with Gasteiger partial charge in [0.25, 0.3) is 0 Å². The normalized spacial score (nSPS) is 10.1. The predicted molar refractivity (Wildman–Crippen MR) is 72.2 cm³/mol. The fourth-order valence-corrected chi connectivity index (χ4v) is 1.91. The van der Waals surface area contributed by atoms with E-state index in [1.54, 1.807) is 6.07 Å². The topological polar surface area (TPSA) is 54.4 Å². The molecule has 0 aliphatic carbocycles. The summed E-state index contributed by atoms with van der Waals surface area (Å²) < 4.78 is 0. The maximum Gasteiger partial charge on any atom is 0.336 e. The van der Waals surface area contributed by atoms with Crippen LogP contribution >= 0.6 is 12.6 Å². The summed E-state index contributed by atoms with van der Waals surface area (Å²) in [6.45, 7) is 0. The highest BCUT2D eigenvalue weighted by molar-refractivity contribution is 7.97. The second-order valence-electron chi connectivity index (χ2n) is 3.74. The van der Waals surface area contributed by atoms with Gasteiger partial charge >= 0.3 is 5.97 Å². The number of carboxylic acid groups (broad SMARTS) is 1. The summed E-state index contributed by atoms with van der Waals surface area (Å²) in [6, 6.07) is 14.1. The number of benzene rings is 2. The molecular formula is C14H10O3S. The first-order valence-electron chi connectivity index (χ1n) is 5.25. The smallest absolute Gasteiger partial charge is 0.336 e. The van der Waals surface area contributed by atoms with Crippen LogP contribution in [0, 0.1) is 0 Å². The van der Waals surface area contributed by atoms with Crippen LogP contribution in [-0.4, -0.2) is 16.2 Å². The second-order valence-corrected chi connectivity index (χ2v) is 4.14. The van der Waals surface area contributed by atoms with E-state index in [-0.39, 0.29) is 11.1 Å². The summed E-state index contributed by atoms with van der Waals surface area (Å²) >= 11 is 3.67. The Morgan fingerprint density at radius 2 is 1.56 bits per heavy atom. The molecule has 0 aromatic heterocycles.